The number of nitrogens with zero attached hydrogens (tertiary/aromatic N) is 2. The van der Waals surface area contributed by atoms with Gasteiger partial charge in [0.05, 0.1) is 12.1 Å². The maximum absolute atomic E-state index is 13.9. The first-order valence-corrected chi connectivity index (χ1v) is 9.80. The minimum Gasteiger partial charge on any atom is -0.338 e. The van der Waals surface area contributed by atoms with Crippen LogP contribution in [0.25, 0.3) is 0 Å². The Morgan fingerprint density at radius 2 is 1.73 bits per heavy atom. The second-order valence-corrected chi connectivity index (χ2v) is 7.88. The Balaban J connectivity index is 1.45. The molecule has 0 unspecified atom stereocenters. The number of hydrogen-bond donors (Lipinski definition) is 1. The van der Waals surface area contributed by atoms with Crippen molar-refractivity contribution in [2.75, 3.05) is 13.1 Å². The summed E-state index contributed by atoms with van der Waals surface area (Å²) < 4.78 is 27.3. The molecule has 156 valence electrons. The Morgan fingerprint density at radius 3 is 2.40 bits per heavy atom. The van der Waals surface area contributed by atoms with Crippen molar-refractivity contribution >= 4 is 29.4 Å². The summed E-state index contributed by atoms with van der Waals surface area (Å²) in [6.45, 7) is 0.381. The monoisotopic (exact) mass is 433 g/mol. The van der Waals surface area contributed by atoms with Crippen LogP contribution in [0.2, 0.25) is 5.02 Å². The zero-order valence-corrected chi connectivity index (χ0v) is 16.6. The summed E-state index contributed by atoms with van der Waals surface area (Å²) >= 11 is 5.87. The SMILES string of the molecule is O=C(c1cc(F)ccc1F)N1CCC2(CC1)NC(=O)N(Cc1ccc(Cl)cc1)C2=O. The number of urea groups is 1. The molecule has 2 aliphatic heterocycles. The molecule has 30 heavy (non-hydrogen) atoms. The summed E-state index contributed by atoms with van der Waals surface area (Å²) in [5, 5.41) is 3.31. The van der Waals surface area contributed by atoms with Crippen molar-refractivity contribution in [2.24, 2.45) is 0 Å². The van der Waals surface area contributed by atoms with Crippen LogP contribution in [0.4, 0.5) is 13.6 Å². The molecule has 2 fully saturated rings. The van der Waals surface area contributed by atoms with E-state index >= 15 is 0 Å². The van der Waals surface area contributed by atoms with Crippen LogP contribution in [0.15, 0.2) is 42.5 Å². The van der Waals surface area contributed by atoms with E-state index in [-0.39, 0.29) is 43.9 Å². The van der Waals surface area contributed by atoms with Gasteiger partial charge in [0, 0.05) is 18.1 Å². The van der Waals surface area contributed by atoms with E-state index in [1.807, 2.05) is 0 Å². The average Bonchev–Trinajstić information content (AvgIpc) is 2.95. The predicted octanol–water partition coefficient (Wildman–Crippen LogP) is 3.35. The number of carbonyl (C=O) groups is 3. The van der Waals surface area contributed by atoms with E-state index in [1.54, 1.807) is 24.3 Å². The molecular weight excluding hydrogens is 416 g/mol. The maximum atomic E-state index is 13.9. The van der Waals surface area contributed by atoms with Crippen molar-refractivity contribution in [3.63, 3.8) is 0 Å². The summed E-state index contributed by atoms with van der Waals surface area (Å²) in [6.07, 6.45) is 0.384. The van der Waals surface area contributed by atoms with E-state index in [9.17, 15) is 23.2 Å². The fourth-order valence-corrected chi connectivity index (χ4v) is 3.98. The first kappa shape index (κ1) is 20.3. The average molecular weight is 434 g/mol. The third-order valence-corrected chi connectivity index (χ3v) is 5.81. The van der Waals surface area contributed by atoms with Crippen molar-refractivity contribution in [3.05, 3.63) is 70.2 Å². The minimum absolute atomic E-state index is 0.112. The van der Waals surface area contributed by atoms with Gasteiger partial charge >= 0.3 is 6.03 Å². The van der Waals surface area contributed by atoms with Gasteiger partial charge in [-0.1, -0.05) is 23.7 Å². The standard InChI is InChI=1S/C21H18ClF2N3O3/c22-14-3-1-13(2-4-14)12-27-19(29)21(25-20(27)30)7-9-26(10-8-21)18(28)16-11-15(23)5-6-17(16)24/h1-6,11H,7-10,12H2,(H,25,30). The highest BCUT2D eigenvalue weighted by atomic mass is 35.5. The van der Waals surface area contributed by atoms with Crippen LogP contribution in [-0.4, -0.2) is 46.3 Å². The van der Waals surface area contributed by atoms with Crippen LogP contribution >= 0.6 is 11.6 Å². The molecule has 0 atom stereocenters. The van der Waals surface area contributed by atoms with E-state index in [4.69, 9.17) is 11.6 Å². The lowest BCUT2D eigenvalue weighted by Crippen LogP contribution is -2.55. The first-order valence-electron chi connectivity index (χ1n) is 9.42. The Labute approximate surface area is 176 Å². The Bertz CT molecular complexity index is 1020. The van der Waals surface area contributed by atoms with Crippen molar-refractivity contribution in [2.45, 2.75) is 24.9 Å². The summed E-state index contributed by atoms with van der Waals surface area (Å²) in [5.74, 6) is -2.51. The van der Waals surface area contributed by atoms with Crippen LogP contribution in [-0.2, 0) is 11.3 Å². The zero-order valence-electron chi connectivity index (χ0n) is 15.8. The van der Waals surface area contributed by atoms with Gasteiger partial charge in [0.1, 0.15) is 17.2 Å². The lowest BCUT2D eigenvalue weighted by Gasteiger charge is -2.37. The highest BCUT2D eigenvalue weighted by molar-refractivity contribution is 6.30. The number of benzene rings is 2. The smallest absolute Gasteiger partial charge is 0.325 e. The van der Waals surface area contributed by atoms with Crippen molar-refractivity contribution in [1.82, 2.24) is 15.1 Å². The fourth-order valence-electron chi connectivity index (χ4n) is 3.85. The minimum atomic E-state index is -1.10. The van der Waals surface area contributed by atoms with Crippen molar-refractivity contribution < 1.29 is 23.2 Å². The first-order chi connectivity index (χ1) is 14.3. The van der Waals surface area contributed by atoms with Gasteiger partial charge in [-0.3, -0.25) is 14.5 Å². The highest BCUT2D eigenvalue weighted by Gasteiger charge is 2.52. The molecule has 2 heterocycles. The van der Waals surface area contributed by atoms with Crippen LogP contribution in [0.1, 0.15) is 28.8 Å². The molecule has 0 radical (unpaired) electrons. The summed E-state index contributed by atoms with van der Waals surface area (Å²) in [7, 11) is 0. The second-order valence-electron chi connectivity index (χ2n) is 7.45. The number of carbonyl (C=O) groups excluding carboxylic acids is 3. The van der Waals surface area contributed by atoms with E-state index < -0.39 is 29.1 Å². The van der Waals surface area contributed by atoms with Crippen LogP contribution < -0.4 is 5.32 Å². The molecule has 4 rings (SSSR count). The van der Waals surface area contributed by atoms with Gasteiger partial charge in [-0.05, 0) is 48.7 Å². The van der Waals surface area contributed by atoms with Crippen LogP contribution in [0, 0.1) is 11.6 Å². The van der Waals surface area contributed by atoms with Crippen LogP contribution in [0.3, 0.4) is 0 Å². The Morgan fingerprint density at radius 1 is 1.07 bits per heavy atom. The molecule has 0 aliphatic carbocycles. The molecular formula is C21H18ClF2N3O3. The number of amides is 4. The number of hydrogen-bond acceptors (Lipinski definition) is 3. The van der Waals surface area contributed by atoms with Gasteiger partial charge in [-0.15, -0.1) is 0 Å². The molecule has 1 spiro atoms. The lowest BCUT2D eigenvalue weighted by atomic mass is 9.87. The van der Waals surface area contributed by atoms with E-state index in [0.29, 0.717) is 5.02 Å². The number of nitrogens with one attached hydrogen (secondary N) is 1. The summed E-state index contributed by atoms with van der Waals surface area (Å²) in [5.41, 5.74) is -0.688. The Kier molecular flexibility index (Phi) is 5.19. The van der Waals surface area contributed by atoms with Gasteiger partial charge in [0.15, 0.2) is 0 Å². The summed E-state index contributed by atoms with van der Waals surface area (Å²) in [4.78, 5) is 40.5. The normalized spacial score (nSPS) is 18.1. The van der Waals surface area contributed by atoms with Gasteiger partial charge in [0.25, 0.3) is 11.8 Å². The van der Waals surface area contributed by atoms with Crippen molar-refractivity contribution in [3.8, 4) is 0 Å². The lowest BCUT2D eigenvalue weighted by molar-refractivity contribution is -0.133. The number of piperidine rings is 1. The number of rotatable bonds is 3. The van der Waals surface area contributed by atoms with Crippen molar-refractivity contribution in [1.29, 1.82) is 0 Å². The third kappa shape index (κ3) is 3.63. The molecule has 4 amide bonds. The molecule has 9 heteroatoms. The van der Waals surface area contributed by atoms with Gasteiger partial charge < -0.3 is 10.2 Å². The molecule has 0 bridgehead atoms. The molecule has 6 nitrogen and oxygen atoms in total. The molecule has 1 N–H and O–H groups in total. The largest absolute Gasteiger partial charge is 0.338 e. The molecule has 0 aromatic heterocycles. The zero-order chi connectivity index (χ0) is 21.5. The quantitative estimate of drug-likeness (QED) is 0.755. The van der Waals surface area contributed by atoms with Crippen LogP contribution in [0.5, 0.6) is 0 Å². The molecule has 2 aromatic rings. The number of likely N-dealkylation sites (tertiary alicyclic amines) is 1. The topological polar surface area (TPSA) is 69.7 Å². The Hall–Kier alpha value is -3.00. The van der Waals surface area contributed by atoms with Gasteiger partial charge in [-0.25, -0.2) is 13.6 Å². The predicted molar refractivity (Wildman–Crippen MR) is 105 cm³/mol. The van der Waals surface area contributed by atoms with Gasteiger partial charge in [-0.2, -0.15) is 0 Å². The summed E-state index contributed by atoms with van der Waals surface area (Å²) in [6, 6.07) is 9.06. The maximum Gasteiger partial charge on any atom is 0.325 e. The number of halogens is 3. The molecule has 0 saturated carbocycles. The number of imide groups is 1. The van der Waals surface area contributed by atoms with E-state index in [2.05, 4.69) is 5.32 Å². The third-order valence-electron chi connectivity index (χ3n) is 5.56. The molecule has 2 saturated heterocycles. The van der Waals surface area contributed by atoms with Gasteiger partial charge in [0.2, 0.25) is 0 Å². The highest BCUT2D eigenvalue weighted by Crippen LogP contribution is 2.31. The van der Waals surface area contributed by atoms with E-state index in [1.165, 1.54) is 4.90 Å². The molecule has 2 aliphatic rings. The molecule has 2 aromatic carbocycles. The van der Waals surface area contributed by atoms with E-state index in [0.717, 1.165) is 28.7 Å². The second kappa shape index (κ2) is 7.68. The fraction of sp³-hybridized carbons (Fsp3) is 0.286.